The molecule has 0 heterocycles. The summed E-state index contributed by atoms with van der Waals surface area (Å²) in [5, 5.41) is 26.8. The number of benzene rings is 1. The van der Waals surface area contributed by atoms with E-state index in [1.165, 1.54) is 19.3 Å². The molecular weight excluding hydrogens is 484 g/mol. The largest absolute Gasteiger partial charge is 0.393 e. The summed E-state index contributed by atoms with van der Waals surface area (Å²) in [7, 11) is 0. The Morgan fingerprint density at radius 1 is 1.11 bits per heavy atom. The molecule has 10 atom stereocenters. The van der Waals surface area contributed by atoms with E-state index in [9.17, 15) is 15.0 Å². The summed E-state index contributed by atoms with van der Waals surface area (Å²) >= 11 is 5.92. The summed E-state index contributed by atoms with van der Waals surface area (Å²) < 4.78 is 0. The van der Waals surface area contributed by atoms with Gasteiger partial charge in [0.05, 0.1) is 18.4 Å². The van der Waals surface area contributed by atoms with E-state index in [-0.39, 0.29) is 28.9 Å². The van der Waals surface area contributed by atoms with Crippen molar-refractivity contribution >= 4 is 23.7 Å². The molecule has 1 aromatic carbocycles. The first-order chi connectivity index (χ1) is 17.6. The van der Waals surface area contributed by atoms with E-state index in [4.69, 9.17) is 11.6 Å². The van der Waals surface area contributed by atoms with E-state index >= 15 is 0 Å². The Balaban J connectivity index is 1.19. The van der Waals surface area contributed by atoms with Gasteiger partial charge in [-0.15, -0.1) is 0 Å². The predicted octanol–water partition coefficient (Wildman–Crippen LogP) is 6.20. The van der Waals surface area contributed by atoms with Gasteiger partial charge in [-0.1, -0.05) is 44.5 Å². The Labute approximate surface area is 227 Å². The average molecular weight is 529 g/mol. The van der Waals surface area contributed by atoms with Crippen LogP contribution in [0.2, 0.25) is 5.02 Å². The van der Waals surface area contributed by atoms with Crippen LogP contribution in [0.15, 0.2) is 29.4 Å². The number of fused-ring (bicyclic) bond motifs is 5. The quantitative estimate of drug-likeness (QED) is 0.304. The van der Waals surface area contributed by atoms with Crippen molar-refractivity contribution in [1.82, 2.24) is 5.43 Å². The van der Waals surface area contributed by atoms with Crippen LogP contribution in [0.5, 0.6) is 0 Å². The number of hydrogen-bond donors (Lipinski definition) is 3. The van der Waals surface area contributed by atoms with Crippen LogP contribution in [0.25, 0.3) is 0 Å². The summed E-state index contributed by atoms with van der Waals surface area (Å²) in [5.74, 6) is 3.19. The maximum absolute atomic E-state index is 12.5. The number of rotatable bonds is 6. The number of nitrogens with zero attached hydrogens (tertiary/aromatic N) is 1. The summed E-state index contributed by atoms with van der Waals surface area (Å²) in [6.45, 7) is 7.11. The number of nitrogens with one attached hydrogen (secondary N) is 1. The molecule has 204 valence electrons. The average Bonchev–Trinajstić information content (AvgIpc) is 3.24. The SMILES string of the molecule is C[C@H](CCC(=O)N/N=C/c1ccc(Cl)cc1)[C@H]1CC[C@H]2[C@@H]3CC[C@@H]4C[C@H](O)CC[C@]4(C)[C@H]3C[C@H](O)[C@]12C. The van der Waals surface area contributed by atoms with E-state index in [2.05, 4.69) is 31.3 Å². The molecule has 4 fully saturated rings. The fraction of sp³-hybridized carbons (Fsp3) is 0.742. The van der Waals surface area contributed by atoms with Gasteiger partial charge in [-0.3, -0.25) is 4.79 Å². The zero-order chi connectivity index (χ0) is 26.4. The van der Waals surface area contributed by atoms with Gasteiger partial charge in [-0.25, -0.2) is 5.43 Å². The minimum Gasteiger partial charge on any atom is -0.393 e. The first-order valence-electron chi connectivity index (χ1n) is 14.6. The predicted molar refractivity (Wildman–Crippen MR) is 148 cm³/mol. The Morgan fingerprint density at radius 3 is 2.62 bits per heavy atom. The van der Waals surface area contributed by atoms with E-state index in [0.717, 1.165) is 44.1 Å². The molecular formula is C31H45ClN2O3. The maximum Gasteiger partial charge on any atom is 0.240 e. The molecule has 5 nitrogen and oxygen atoms in total. The lowest BCUT2D eigenvalue weighted by Crippen LogP contribution is -2.58. The van der Waals surface area contributed by atoms with Crippen molar-refractivity contribution in [3.8, 4) is 0 Å². The highest BCUT2D eigenvalue weighted by Crippen LogP contribution is 2.68. The Kier molecular flexibility index (Phi) is 7.79. The van der Waals surface area contributed by atoms with E-state index in [0.29, 0.717) is 47.0 Å². The zero-order valence-corrected chi connectivity index (χ0v) is 23.5. The number of aliphatic hydroxyl groups is 2. The van der Waals surface area contributed by atoms with E-state index in [1.54, 1.807) is 18.3 Å². The first-order valence-corrected chi connectivity index (χ1v) is 14.9. The van der Waals surface area contributed by atoms with Crippen molar-refractivity contribution in [3.05, 3.63) is 34.9 Å². The molecule has 0 saturated heterocycles. The van der Waals surface area contributed by atoms with Crippen LogP contribution in [0.3, 0.4) is 0 Å². The van der Waals surface area contributed by atoms with E-state index in [1.807, 2.05) is 12.1 Å². The number of amides is 1. The minimum atomic E-state index is -0.283. The third kappa shape index (κ3) is 5.01. The van der Waals surface area contributed by atoms with Gasteiger partial charge in [0.2, 0.25) is 5.91 Å². The number of halogens is 1. The molecule has 4 aliphatic carbocycles. The van der Waals surface area contributed by atoms with Crippen LogP contribution in [-0.2, 0) is 4.79 Å². The molecule has 37 heavy (non-hydrogen) atoms. The van der Waals surface area contributed by atoms with Crippen molar-refractivity contribution in [2.75, 3.05) is 0 Å². The van der Waals surface area contributed by atoms with Gasteiger partial charge in [0.25, 0.3) is 0 Å². The maximum atomic E-state index is 12.5. The number of hydrazone groups is 1. The standard InChI is InChI=1S/C31H45ClN2O3/c1-19(4-13-29(37)34-33-18-20-5-8-22(32)9-6-20)25-11-12-26-24-10-7-21-16-23(35)14-15-30(21,2)27(24)17-28(36)31(25,26)3/h5-6,8-9,18-19,21,23-28,35-36H,4,7,10-17H2,1-3H3,(H,34,37)/b33-18+/t19-,21-,23-,24+,25-,26+,27+,28+,30+,31-/m1/s1. The molecule has 1 aromatic rings. The fourth-order valence-corrected chi connectivity index (χ4v) is 9.63. The summed E-state index contributed by atoms with van der Waals surface area (Å²) in [4.78, 5) is 12.5. The number of carbonyl (C=O) groups excluding carboxylic acids is 1. The number of hydrogen-bond acceptors (Lipinski definition) is 4. The van der Waals surface area contributed by atoms with E-state index < -0.39 is 0 Å². The Hall–Kier alpha value is -1.43. The monoisotopic (exact) mass is 528 g/mol. The Morgan fingerprint density at radius 2 is 1.86 bits per heavy atom. The fourth-order valence-electron chi connectivity index (χ4n) is 9.50. The van der Waals surface area contributed by atoms with Crippen LogP contribution in [0, 0.1) is 46.3 Å². The van der Waals surface area contributed by atoms with Crippen molar-refractivity contribution in [2.24, 2.45) is 51.4 Å². The number of aliphatic hydroxyl groups excluding tert-OH is 2. The highest BCUT2D eigenvalue weighted by Gasteiger charge is 2.63. The summed E-state index contributed by atoms with van der Waals surface area (Å²) in [6, 6.07) is 7.33. The van der Waals surface area contributed by atoms with Crippen LogP contribution < -0.4 is 5.43 Å². The lowest BCUT2D eigenvalue weighted by molar-refractivity contribution is -0.174. The molecule has 0 bridgehead atoms. The van der Waals surface area contributed by atoms with Crippen molar-refractivity contribution < 1.29 is 15.0 Å². The third-order valence-corrected chi connectivity index (χ3v) is 11.9. The summed E-state index contributed by atoms with van der Waals surface area (Å²) in [6.07, 6.45) is 11.2. The van der Waals surface area contributed by atoms with Crippen LogP contribution >= 0.6 is 11.6 Å². The van der Waals surface area contributed by atoms with Gasteiger partial charge in [0, 0.05) is 11.4 Å². The van der Waals surface area contributed by atoms with Gasteiger partial charge in [-0.2, -0.15) is 5.10 Å². The molecule has 4 saturated carbocycles. The second kappa shape index (κ2) is 10.6. The highest BCUT2D eigenvalue weighted by molar-refractivity contribution is 6.30. The molecule has 5 rings (SSSR count). The molecule has 4 aliphatic rings. The minimum absolute atomic E-state index is 0.0632. The van der Waals surface area contributed by atoms with Crippen molar-refractivity contribution in [2.45, 2.75) is 97.2 Å². The van der Waals surface area contributed by atoms with Gasteiger partial charge in [0.1, 0.15) is 0 Å². The van der Waals surface area contributed by atoms with Gasteiger partial charge < -0.3 is 10.2 Å². The number of carbonyl (C=O) groups is 1. The second-order valence-electron chi connectivity index (χ2n) is 13.2. The topological polar surface area (TPSA) is 81.9 Å². The lowest BCUT2D eigenvalue weighted by atomic mass is 9.43. The lowest BCUT2D eigenvalue weighted by Gasteiger charge is -2.62. The van der Waals surface area contributed by atoms with Crippen LogP contribution in [0.4, 0.5) is 0 Å². The molecule has 0 aromatic heterocycles. The molecule has 0 spiro atoms. The molecule has 0 unspecified atom stereocenters. The molecule has 0 radical (unpaired) electrons. The van der Waals surface area contributed by atoms with Crippen molar-refractivity contribution in [1.29, 1.82) is 0 Å². The normalized spacial score (nSPS) is 42.1. The van der Waals surface area contributed by atoms with Crippen molar-refractivity contribution in [3.63, 3.8) is 0 Å². The smallest absolute Gasteiger partial charge is 0.240 e. The first kappa shape index (κ1) is 27.1. The second-order valence-corrected chi connectivity index (χ2v) is 13.7. The summed E-state index contributed by atoms with van der Waals surface area (Å²) in [5.41, 5.74) is 3.75. The van der Waals surface area contributed by atoms with Gasteiger partial charge in [-0.05, 0) is 122 Å². The highest BCUT2D eigenvalue weighted by atomic mass is 35.5. The molecule has 3 N–H and O–H groups in total. The van der Waals surface area contributed by atoms with Gasteiger partial charge in [0.15, 0.2) is 0 Å². The molecule has 1 amide bonds. The molecule has 6 heteroatoms. The van der Waals surface area contributed by atoms with Crippen LogP contribution in [-0.4, -0.2) is 34.5 Å². The van der Waals surface area contributed by atoms with Gasteiger partial charge >= 0.3 is 0 Å². The Bertz CT molecular complexity index is 999. The zero-order valence-electron chi connectivity index (χ0n) is 22.7. The molecule has 0 aliphatic heterocycles. The van der Waals surface area contributed by atoms with Crippen LogP contribution in [0.1, 0.15) is 90.5 Å². The third-order valence-electron chi connectivity index (χ3n) is 11.6.